The zero-order chi connectivity index (χ0) is 11.8. The Morgan fingerprint density at radius 3 is 2.88 bits per heavy atom. The molecule has 0 unspecified atom stereocenters. The van der Waals surface area contributed by atoms with Crippen molar-refractivity contribution in [1.29, 1.82) is 0 Å². The van der Waals surface area contributed by atoms with E-state index in [2.05, 4.69) is 20.2 Å². The van der Waals surface area contributed by atoms with Crippen molar-refractivity contribution in [3.8, 4) is 11.5 Å². The number of nitrogens with zero attached hydrogens (tertiary/aromatic N) is 2. The monoisotopic (exact) mass is 228 g/mol. The lowest BCUT2D eigenvalue weighted by atomic mass is 10.2. The number of nitrogen functional groups attached to an aromatic ring is 1. The largest absolute Gasteiger partial charge is 0.396 e. The van der Waals surface area contributed by atoms with Crippen molar-refractivity contribution in [2.24, 2.45) is 5.73 Å². The molecule has 17 heavy (non-hydrogen) atoms. The molecule has 0 radical (unpaired) electrons. The number of anilines is 1. The fourth-order valence-corrected chi connectivity index (χ4v) is 1.79. The van der Waals surface area contributed by atoms with Crippen molar-refractivity contribution in [3.05, 3.63) is 30.0 Å². The Labute approximate surface area is 97.0 Å². The molecule has 0 fully saturated rings. The second-order valence-corrected chi connectivity index (χ2v) is 3.84. The quantitative estimate of drug-likeness (QED) is 0.524. The van der Waals surface area contributed by atoms with Crippen LogP contribution >= 0.6 is 0 Å². The molecule has 0 spiro atoms. The van der Waals surface area contributed by atoms with Gasteiger partial charge in [-0.2, -0.15) is 5.10 Å². The lowest BCUT2D eigenvalue weighted by Gasteiger charge is -1.94. The molecule has 6 heteroatoms. The van der Waals surface area contributed by atoms with Crippen LogP contribution in [0.15, 0.2) is 24.4 Å². The van der Waals surface area contributed by atoms with E-state index in [9.17, 15) is 0 Å². The molecule has 6 nitrogen and oxygen atoms in total. The minimum atomic E-state index is 0.510. The van der Waals surface area contributed by atoms with E-state index in [0.717, 1.165) is 16.6 Å². The summed E-state index contributed by atoms with van der Waals surface area (Å²) in [6.07, 6.45) is 1.56. The van der Waals surface area contributed by atoms with E-state index in [1.807, 2.05) is 18.2 Å². The first-order chi connectivity index (χ1) is 8.28. The minimum absolute atomic E-state index is 0.510. The third-order valence-corrected chi connectivity index (χ3v) is 2.69. The van der Waals surface area contributed by atoms with Crippen LogP contribution in [0.25, 0.3) is 22.6 Å². The van der Waals surface area contributed by atoms with Gasteiger partial charge in [0, 0.05) is 6.54 Å². The number of aromatic nitrogens is 4. The smallest absolute Gasteiger partial charge is 0.158 e. The van der Waals surface area contributed by atoms with Crippen LogP contribution in [-0.2, 0) is 6.54 Å². The molecule has 0 aliphatic carbocycles. The Kier molecular flexibility index (Phi) is 2.09. The van der Waals surface area contributed by atoms with Gasteiger partial charge in [-0.1, -0.05) is 6.07 Å². The Morgan fingerprint density at radius 1 is 1.29 bits per heavy atom. The molecular formula is C11H12N6. The molecule has 0 amide bonds. The molecule has 2 heterocycles. The van der Waals surface area contributed by atoms with Gasteiger partial charge >= 0.3 is 0 Å². The van der Waals surface area contributed by atoms with Crippen molar-refractivity contribution in [2.75, 3.05) is 5.73 Å². The van der Waals surface area contributed by atoms with Crippen molar-refractivity contribution >= 4 is 16.7 Å². The van der Waals surface area contributed by atoms with E-state index >= 15 is 0 Å². The molecule has 0 atom stereocenters. The van der Waals surface area contributed by atoms with Crippen molar-refractivity contribution in [1.82, 2.24) is 20.2 Å². The normalized spacial score (nSPS) is 11.1. The van der Waals surface area contributed by atoms with Gasteiger partial charge in [-0.3, -0.25) is 5.10 Å². The summed E-state index contributed by atoms with van der Waals surface area (Å²) >= 11 is 0. The number of H-pyrrole nitrogens is 2. The molecule has 0 aliphatic rings. The predicted octanol–water partition coefficient (Wildman–Crippen LogP) is 0.994. The lowest BCUT2D eigenvalue weighted by Crippen LogP contribution is -1.95. The fraction of sp³-hybridized carbons (Fsp3) is 0.0909. The maximum Gasteiger partial charge on any atom is 0.158 e. The highest BCUT2D eigenvalue weighted by atomic mass is 15.1. The van der Waals surface area contributed by atoms with Gasteiger partial charge in [0.15, 0.2) is 5.82 Å². The molecule has 0 aliphatic heterocycles. The van der Waals surface area contributed by atoms with E-state index in [0.29, 0.717) is 23.8 Å². The first-order valence-corrected chi connectivity index (χ1v) is 5.26. The van der Waals surface area contributed by atoms with E-state index in [-0.39, 0.29) is 0 Å². The average molecular weight is 228 g/mol. The van der Waals surface area contributed by atoms with Crippen LogP contribution in [0.3, 0.4) is 0 Å². The van der Waals surface area contributed by atoms with E-state index < -0.39 is 0 Å². The van der Waals surface area contributed by atoms with Gasteiger partial charge < -0.3 is 16.5 Å². The van der Waals surface area contributed by atoms with Crippen LogP contribution in [0.4, 0.5) is 5.69 Å². The van der Waals surface area contributed by atoms with Crippen molar-refractivity contribution in [3.63, 3.8) is 0 Å². The third kappa shape index (κ3) is 1.55. The molecule has 6 N–H and O–H groups in total. The second kappa shape index (κ2) is 3.60. The van der Waals surface area contributed by atoms with Crippen molar-refractivity contribution in [2.45, 2.75) is 6.54 Å². The standard InChI is InChI=1S/C11H12N6/c12-4-6-1-2-8-9(3-6)16-11(15-8)10-7(13)5-14-17-10/h1-3,5H,4,12-13H2,(H,14,17)(H,15,16). The zero-order valence-corrected chi connectivity index (χ0v) is 9.07. The number of hydrogen-bond acceptors (Lipinski definition) is 4. The van der Waals surface area contributed by atoms with Gasteiger partial charge in [-0.15, -0.1) is 0 Å². The molecule has 1 aromatic carbocycles. The molecule has 0 bridgehead atoms. The summed E-state index contributed by atoms with van der Waals surface area (Å²) < 4.78 is 0. The van der Waals surface area contributed by atoms with Crippen LogP contribution in [0, 0.1) is 0 Å². The lowest BCUT2D eigenvalue weighted by molar-refractivity contribution is 1.07. The number of benzene rings is 1. The van der Waals surface area contributed by atoms with Crippen molar-refractivity contribution < 1.29 is 0 Å². The van der Waals surface area contributed by atoms with Gasteiger partial charge in [0.1, 0.15) is 5.69 Å². The topological polar surface area (TPSA) is 109 Å². The summed E-state index contributed by atoms with van der Waals surface area (Å²) in [4.78, 5) is 7.64. The van der Waals surface area contributed by atoms with E-state index in [1.165, 1.54) is 0 Å². The summed E-state index contributed by atoms with van der Waals surface area (Å²) in [6.45, 7) is 0.510. The van der Waals surface area contributed by atoms with Gasteiger partial charge in [-0.05, 0) is 17.7 Å². The molecule has 2 aromatic heterocycles. The molecular weight excluding hydrogens is 216 g/mol. The highest BCUT2D eigenvalue weighted by molar-refractivity contribution is 5.81. The minimum Gasteiger partial charge on any atom is -0.396 e. The SMILES string of the molecule is NCc1ccc2nc(-c3[nH]ncc3N)[nH]c2c1. The Morgan fingerprint density at radius 2 is 2.18 bits per heavy atom. The first kappa shape index (κ1) is 9.86. The van der Waals surface area contributed by atoms with Crippen LogP contribution in [0.2, 0.25) is 0 Å². The van der Waals surface area contributed by atoms with Crippen LogP contribution in [0.5, 0.6) is 0 Å². The number of rotatable bonds is 2. The summed E-state index contributed by atoms with van der Waals surface area (Å²) in [6, 6.07) is 5.88. The predicted molar refractivity (Wildman–Crippen MR) is 66.0 cm³/mol. The number of aromatic amines is 2. The molecule has 3 aromatic rings. The average Bonchev–Trinajstić information content (AvgIpc) is 2.93. The summed E-state index contributed by atoms with van der Waals surface area (Å²) in [5, 5.41) is 6.69. The van der Waals surface area contributed by atoms with Gasteiger partial charge in [0.25, 0.3) is 0 Å². The second-order valence-electron chi connectivity index (χ2n) is 3.84. The number of nitrogens with two attached hydrogens (primary N) is 2. The van der Waals surface area contributed by atoms with Crippen LogP contribution in [0.1, 0.15) is 5.56 Å². The highest BCUT2D eigenvalue weighted by Gasteiger charge is 2.10. The molecule has 86 valence electrons. The fourth-order valence-electron chi connectivity index (χ4n) is 1.79. The van der Waals surface area contributed by atoms with Gasteiger partial charge in [0.2, 0.25) is 0 Å². The Hall–Kier alpha value is -2.34. The zero-order valence-electron chi connectivity index (χ0n) is 9.07. The molecule has 0 saturated heterocycles. The Bertz CT molecular complexity index is 665. The van der Waals surface area contributed by atoms with E-state index in [1.54, 1.807) is 6.20 Å². The summed E-state index contributed by atoms with van der Waals surface area (Å²) in [5.74, 6) is 0.684. The van der Waals surface area contributed by atoms with E-state index in [4.69, 9.17) is 11.5 Å². The van der Waals surface area contributed by atoms with Gasteiger partial charge in [0.05, 0.1) is 22.9 Å². The maximum absolute atomic E-state index is 5.78. The maximum atomic E-state index is 5.78. The third-order valence-electron chi connectivity index (χ3n) is 2.69. The Balaban J connectivity index is 2.17. The first-order valence-electron chi connectivity index (χ1n) is 5.26. The number of hydrogen-bond donors (Lipinski definition) is 4. The number of imidazole rings is 1. The highest BCUT2D eigenvalue weighted by Crippen LogP contribution is 2.23. The summed E-state index contributed by atoms with van der Waals surface area (Å²) in [5.41, 5.74) is 15.5. The number of fused-ring (bicyclic) bond motifs is 1. The van der Waals surface area contributed by atoms with Crippen LogP contribution < -0.4 is 11.5 Å². The summed E-state index contributed by atoms with van der Waals surface area (Å²) in [7, 11) is 0. The van der Waals surface area contributed by atoms with Crippen LogP contribution in [-0.4, -0.2) is 20.2 Å². The van der Waals surface area contributed by atoms with Gasteiger partial charge in [-0.25, -0.2) is 4.98 Å². The molecule has 0 saturated carbocycles. The molecule has 3 rings (SSSR count). The number of nitrogens with one attached hydrogen (secondary N) is 2.